The molecule has 0 fully saturated rings. The highest BCUT2D eigenvalue weighted by Crippen LogP contribution is 2.14. The first-order chi connectivity index (χ1) is 12.0. The molecule has 0 unspecified atom stereocenters. The summed E-state index contributed by atoms with van der Waals surface area (Å²) in [5.74, 6) is -1.37. The molecule has 2 amide bonds. The van der Waals surface area contributed by atoms with E-state index in [0.29, 0.717) is 12.1 Å². The number of aromatic carboxylic acids is 1. The molecule has 0 aliphatic rings. The summed E-state index contributed by atoms with van der Waals surface area (Å²) < 4.78 is 0. The number of benzene rings is 2. The van der Waals surface area contributed by atoms with Gasteiger partial charge in [0.1, 0.15) is 0 Å². The number of para-hydroxylation sites is 1. The minimum Gasteiger partial charge on any atom is -0.478 e. The number of carboxylic acids is 1. The molecular weight excluding hydrogens is 320 g/mol. The monoisotopic (exact) mass is 340 g/mol. The highest BCUT2D eigenvalue weighted by molar-refractivity contribution is 5.95. The van der Waals surface area contributed by atoms with Crippen molar-refractivity contribution in [2.24, 2.45) is 0 Å². The molecule has 0 radical (unpaired) electrons. The molecule has 0 aromatic heterocycles. The van der Waals surface area contributed by atoms with Crippen molar-refractivity contribution < 1.29 is 19.5 Å². The highest BCUT2D eigenvalue weighted by atomic mass is 16.4. The third kappa shape index (κ3) is 5.46. The Morgan fingerprint density at radius 1 is 1.00 bits per heavy atom. The fraction of sp³-hybridized carbons (Fsp3) is 0.211. The molecule has 2 aromatic rings. The predicted octanol–water partition coefficient (Wildman–Crippen LogP) is 3.16. The lowest BCUT2D eigenvalue weighted by Gasteiger charge is -2.17. The van der Waals surface area contributed by atoms with E-state index >= 15 is 0 Å². The summed E-state index contributed by atoms with van der Waals surface area (Å²) in [6, 6.07) is 15.3. The average molecular weight is 340 g/mol. The van der Waals surface area contributed by atoms with E-state index in [2.05, 4.69) is 5.32 Å². The zero-order chi connectivity index (χ0) is 18.2. The maximum Gasteiger partial charge on any atom is 0.335 e. The first-order valence-corrected chi connectivity index (χ1v) is 7.92. The normalized spacial score (nSPS) is 10.1. The Balaban J connectivity index is 1.79. The van der Waals surface area contributed by atoms with E-state index in [1.54, 1.807) is 24.1 Å². The molecule has 6 heteroatoms. The van der Waals surface area contributed by atoms with Crippen molar-refractivity contribution in [3.8, 4) is 0 Å². The van der Waals surface area contributed by atoms with E-state index in [4.69, 9.17) is 5.11 Å². The number of amides is 2. The van der Waals surface area contributed by atoms with Gasteiger partial charge in [-0.2, -0.15) is 0 Å². The molecule has 0 saturated carbocycles. The zero-order valence-electron chi connectivity index (χ0n) is 13.9. The lowest BCUT2D eigenvalue weighted by atomic mass is 10.1. The molecule has 0 aliphatic carbocycles. The van der Waals surface area contributed by atoms with E-state index in [-0.39, 0.29) is 30.2 Å². The lowest BCUT2D eigenvalue weighted by Crippen LogP contribution is -2.26. The standard InChI is InChI=1S/C19H20N2O4/c1-21(16-9-3-2-4-10-16)18(23)12-6-11-17(22)20-15-8-5-7-14(13-15)19(24)25/h2-5,7-10,13H,6,11-12H2,1H3,(H,20,22)(H,24,25). The van der Waals surface area contributed by atoms with Gasteiger partial charge in [0.2, 0.25) is 11.8 Å². The largest absolute Gasteiger partial charge is 0.478 e. The Kier molecular flexibility index (Phi) is 6.28. The lowest BCUT2D eigenvalue weighted by molar-refractivity contribution is -0.118. The Labute approximate surface area is 146 Å². The second-order valence-electron chi connectivity index (χ2n) is 5.58. The fourth-order valence-electron chi connectivity index (χ4n) is 2.32. The van der Waals surface area contributed by atoms with Crippen LogP contribution >= 0.6 is 0 Å². The highest BCUT2D eigenvalue weighted by Gasteiger charge is 2.12. The van der Waals surface area contributed by atoms with E-state index in [0.717, 1.165) is 5.69 Å². The summed E-state index contributed by atoms with van der Waals surface area (Å²) in [5.41, 5.74) is 1.34. The summed E-state index contributed by atoms with van der Waals surface area (Å²) in [5, 5.41) is 11.6. The van der Waals surface area contributed by atoms with E-state index in [1.807, 2.05) is 30.3 Å². The number of nitrogens with one attached hydrogen (secondary N) is 1. The van der Waals surface area contributed by atoms with Crippen LogP contribution in [-0.4, -0.2) is 29.9 Å². The van der Waals surface area contributed by atoms with Crippen molar-refractivity contribution >= 4 is 29.2 Å². The van der Waals surface area contributed by atoms with Gasteiger partial charge >= 0.3 is 5.97 Å². The Morgan fingerprint density at radius 2 is 1.72 bits per heavy atom. The van der Waals surface area contributed by atoms with Crippen molar-refractivity contribution in [2.45, 2.75) is 19.3 Å². The van der Waals surface area contributed by atoms with Crippen molar-refractivity contribution in [1.29, 1.82) is 0 Å². The SMILES string of the molecule is CN(C(=O)CCCC(=O)Nc1cccc(C(=O)O)c1)c1ccccc1. The second kappa shape index (κ2) is 8.63. The first-order valence-electron chi connectivity index (χ1n) is 7.92. The van der Waals surface area contributed by atoms with Crippen LogP contribution in [0.25, 0.3) is 0 Å². The van der Waals surface area contributed by atoms with Gasteiger partial charge in [-0.25, -0.2) is 4.79 Å². The molecule has 0 spiro atoms. The number of hydrogen-bond acceptors (Lipinski definition) is 3. The van der Waals surface area contributed by atoms with Crippen LogP contribution in [0, 0.1) is 0 Å². The number of carboxylic acid groups (broad SMARTS) is 1. The van der Waals surface area contributed by atoms with Crippen LogP contribution in [0.5, 0.6) is 0 Å². The van der Waals surface area contributed by atoms with Crippen LogP contribution in [0.1, 0.15) is 29.6 Å². The van der Waals surface area contributed by atoms with Gasteiger partial charge in [-0.1, -0.05) is 24.3 Å². The van der Waals surface area contributed by atoms with Crippen LogP contribution in [-0.2, 0) is 9.59 Å². The Bertz CT molecular complexity index is 759. The maximum atomic E-state index is 12.1. The van der Waals surface area contributed by atoms with Gasteiger partial charge in [-0.05, 0) is 36.8 Å². The van der Waals surface area contributed by atoms with Crippen LogP contribution in [0.15, 0.2) is 54.6 Å². The van der Waals surface area contributed by atoms with E-state index in [9.17, 15) is 14.4 Å². The molecule has 0 atom stereocenters. The minimum atomic E-state index is -1.05. The van der Waals surface area contributed by atoms with E-state index < -0.39 is 5.97 Å². The smallest absolute Gasteiger partial charge is 0.335 e. The third-order valence-electron chi connectivity index (χ3n) is 3.71. The number of carbonyl (C=O) groups is 3. The molecular formula is C19H20N2O4. The second-order valence-corrected chi connectivity index (χ2v) is 5.58. The number of anilines is 2. The van der Waals surface area contributed by atoms with Crippen LogP contribution in [0.3, 0.4) is 0 Å². The maximum absolute atomic E-state index is 12.1. The van der Waals surface area contributed by atoms with Crippen molar-refractivity contribution in [3.05, 3.63) is 60.2 Å². The molecule has 25 heavy (non-hydrogen) atoms. The fourth-order valence-corrected chi connectivity index (χ4v) is 2.32. The average Bonchev–Trinajstić information content (AvgIpc) is 2.61. The minimum absolute atomic E-state index is 0.0631. The van der Waals surface area contributed by atoms with Crippen molar-refractivity contribution in [1.82, 2.24) is 0 Å². The summed E-state index contributed by atoms with van der Waals surface area (Å²) in [4.78, 5) is 36.5. The van der Waals surface area contributed by atoms with Gasteiger partial charge in [-0.15, -0.1) is 0 Å². The molecule has 6 nitrogen and oxygen atoms in total. The molecule has 130 valence electrons. The van der Waals surface area contributed by atoms with Gasteiger partial charge in [-0.3, -0.25) is 9.59 Å². The number of hydrogen-bond donors (Lipinski definition) is 2. The van der Waals surface area contributed by atoms with Gasteiger partial charge < -0.3 is 15.3 Å². The van der Waals surface area contributed by atoms with Crippen molar-refractivity contribution in [2.75, 3.05) is 17.3 Å². The number of rotatable bonds is 7. The molecule has 0 aliphatic heterocycles. The number of nitrogens with zero attached hydrogens (tertiary/aromatic N) is 1. The van der Waals surface area contributed by atoms with E-state index in [1.165, 1.54) is 12.1 Å². The van der Waals surface area contributed by atoms with Crippen LogP contribution in [0.4, 0.5) is 11.4 Å². The number of carbonyl (C=O) groups excluding carboxylic acids is 2. The molecule has 2 aromatic carbocycles. The molecule has 0 saturated heterocycles. The van der Waals surface area contributed by atoms with Crippen molar-refractivity contribution in [3.63, 3.8) is 0 Å². The Morgan fingerprint density at radius 3 is 2.40 bits per heavy atom. The van der Waals surface area contributed by atoms with Gasteiger partial charge in [0, 0.05) is 31.3 Å². The topological polar surface area (TPSA) is 86.7 Å². The molecule has 2 rings (SSSR count). The first kappa shape index (κ1) is 18.2. The third-order valence-corrected chi connectivity index (χ3v) is 3.71. The van der Waals surface area contributed by atoms with Crippen LogP contribution < -0.4 is 10.2 Å². The summed E-state index contributed by atoms with van der Waals surface area (Å²) >= 11 is 0. The van der Waals surface area contributed by atoms with Gasteiger partial charge in [0.05, 0.1) is 5.56 Å². The summed E-state index contributed by atoms with van der Waals surface area (Å²) in [6.07, 6.45) is 0.861. The molecule has 2 N–H and O–H groups in total. The van der Waals surface area contributed by atoms with Gasteiger partial charge in [0.25, 0.3) is 0 Å². The zero-order valence-corrected chi connectivity index (χ0v) is 13.9. The quantitative estimate of drug-likeness (QED) is 0.810. The Hall–Kier alpha value is -3.15. The summed E-state index contributed by atoms with van der Waals surface area (Å²) in [7, 11) is 1.70. The van der Waals surface area contributed by atoms with Crippen LogP contribution in [0.2, 0.25) is 0 Å². The van der Waals surface area contributed by atoms with Gasteiger partial charge in [0.15, 0.2) is 0 Å². The summed E-state index contributed by atoms with van der Waals surface area (Å²) in [6.45, 7) is 0. The molecule has 0 heterocycles. The molecule has 0 bridgehead atoms. The predicted molar refractivity (Wildman–Crippen MR) is 95.7 cm³/mol.